The molecule has 2 N–H and O–H groups in total. The summed E-state index contributed by atoms with van der Waals surface area (Å²) < 4.78 is 7.33. The molecule has 0 aliphatic carbocycles. The highest BCUT2D eigenvalue weighted by Crippen LogP contribution is 2.21. The van der Waals surface area contributed by atoms with E-state index in [1.54, 1.807) is 11.9 Å². The Morgan fingerprint density at radius 3 is 2.77 bits per heavy atom. The van der Waals surface area contributed by atoms with Crippen LogP contribution in [-0.4, -0.2) is 46.2 Å². The number of amides is 1. The number of rotatable bonds is 3. The van der Waals surface area contributed by atoms with E-state index in [1.807, 2.05) is 35.9 Å². The summed E-state index contributed by atoms with van der Waals surface area (Å²) in [5, 5.41) is 0. The molecule has 1 amide bonds. The van der Waals surface area contributed by atoms with E-state index in [9.17, 15) is 4.79 Å². The topological polar surface area (TPSA) is 73.4 Å². The lowest BCUT2D eigenvalue weighted by Crippen LogP contribution is -2.57. The van der Waals surface area contributed by atoms with Crippen LogP contribution in [0.5, 0.6) is 0 Å². The third-order valence-corrected chi connectivity index (χ3v) is 4.42. The van der Waals surface area contributed by atoms with Gasteiger partial charge in [-0.15, -0.1) is 0 Å². The van der Waals surface area contributed by atoms with Gasteiger partial charge >= 0.3 is 0 Å². The maximum absolute atomic E-state index is 12.7. The summed E-state index contributed by atoms with van der Waals surface area (Å²) in [5.74, 6) is 0.815. The number of carbonyl (C=O) groups excluding carboxylic acids is 1. The van der Waals surface area contributed by atoms with Crippen LogP contribution in [0.15, 0.2) is 24.3 Å². The highest BCUT2D eigenvalue weighted by molar-refractivity contribution is 5.86. The van der Waals surface area contributed by atoms with Gasteiger partial charge in [0, 0.05) is 27.3 Å². The molecule has 1 fully saturated rings. The van der Waals surface area contributed by atoms with Crippen molar-refractivity contribution in [3.63, 3.8) is 0 Å². The van der Waals surface area contributed by atoms with Gasteiger partial charge in [0.1, 0.15) is 5.82 Å². The van der Waals surface area contributed by atoms with Gasteiger partial charge in [0.25, 0.3) is 0 Å². The van der Waals surface area contributed by atoms with E-state index in [4.69, 9.17) is 10.5 Å². The van der Waals surface area contributed by atoms with Crippen LogP contribution < -0.4 is 5.73 Å². The molecule has 1 aliphatic heterocycles. The molecular formula is C16H22N4O2. The Balaban J connectivity index is 1.79. The second kappa shape index (κ2) is 5.70. The first kappa shape index (κ1) is 15.0. The van der Waals surface area contributed by atoms with Crippen molar-refractivity contribution in [1.82, 2.24) is 14.5 Å². The molecule has 0 radical (unpaired) electrons. The molecule has 1 aromatic carbocycles. The first-order chi connectivity index (χ1) is 10.5. The van der Waals surface area contributed by atoms with E-state index in [0.717, 1.165) is 16.9 Å². The lowest BCUT2D eigenvalue weighted by molar-refractivity contribution is -0.139. The minimum absolute atomic E-state index is 0.0390. The van der Waals surface area contributed by atoms with Crippen LogP contribution in [0.4, 0.5) is 0 Å². The summed E-state index contributed by atoms with van der Waals surface area (Å²) in [6.45, 7) is 1.54. The fraction of sp³-hybridized carbons (Fsp3) is 0.500. The Hall–Kier alpha value is -1.92. The number of imidazole rings is 1. The van der Waals surface area contributed by atoms with Crippen molar-refractivity contribution in [2.75, 3.05) is 20.3 Å². The number of likely N-dealkylation sites (N-methyl/N-ethyl adjacent to an activating group) is 1. The standard InChI is InChI=1S/C16H22N4O2/c1-19(15(21)16(17)7-9-22-10-8-16)11-14-18-12-5-3-4-6-13(12)20(14)2/h3-6H,7-11,17H2,1-2H3. The molecule has 3 rings (SSSR count). The number of aryl methyl sites for hydroxylation is 1. The van der Waals surface area contributed by atoms with Crippen molar-refractivity contribution in [3.8, 4) is 0 Å². The second-order valence-electron chi connectivity index (χ2n) is 6.01. The number of para-hydroxylation sites is 2. The molecular weight excluding hydrogens is 280 g/mol. The van der Waals surface area contributed by atoms with Gasteiger partial charge in [0.2, 0.25) is 5.91 Å². The van der Waals surface area contributed by atoms with Gasteiger partial charge in [-0.3, -0.25) is 4.79 Å². The smallest absolute Gasteiger partial charge is 0.242 e. The zero-order valence-corrected chi connectivity index (χ0v) is 13.1. The molecule has 22 heavy (non-hydrogen) atoms. The molecule has 2 aromatic rings. The van der Waals surface area contributed by atoms with Crippen LogP contribution in [0, 0.1) is 0 Å². The van der Waals surface area contributed by atoms with Crippen LogP contribution in [0.25, 0.3) is 11.0 Å². The Morgan fingerprint density at radius 1 is 1.41 bits per heavy atom. The monoisotopic (exact) mass is 302 g/mol. The highest BCUT2D eigenvalue weighted by Gasteiger charge is 2.38. The van der Waals surface area contributed by atoms with Crippen molar-refractivity contribution in [3.05, 3.63) is 30.1 Å². The van der Waals surface area contributed by atoms with Crippen LogP contribution in [-0.2, 0) is 23.1 Å². The van der Waals surface area contributed by atoms with Gasteiger partial charge in [-0.1, -0.05) is 12.1 Å². The normalized spacial score (nSPS) is 17.6. The van der Waals surface area contributed by atoms with Crippen molar-refractivity contribution < 1.29 is 9.53 Å². The van der Waals surface area contributed by atoms with E-state index < -0.39 is 5.54 Å². The van der Waals surface area contributed by atoms with E-state index in [1.165, 1.54) is 0 Å². The van der Waals surface area contributed by atoms with Gasteiger partial charge in [-0.2, -0.15) is 0 Å². The molecule has 0 bridgehead atoms. The fourth-order valence-electron chi connectivity index (χ4n) is 2.95. The van der Waals surface area contributed by atoms with E-state index in [0.29, 0.717) is 32.6 Å². The van der Waals surface area contributed by atoms with Crippen LogP contribution in [0.3, 0.4) is 0 Å². The Morgan fingerprint density at radius 2 is 2.09 bits per heavy atom. The molecule has 0 atom stereocenters. The van der Waals surface area contributed by atoms with E-state index in [-0.39, 0.29) is 5.91 Å². The molecule has 1 aromatic heterocycles. The minimum Gasteiger partial charge on any atom is -0.381 e. The molecule has 6 heteroatoms. The van der Waals surface area contributed by atoms with Crippen molar-refractivity contribution in [2.45, 2.75) is 24.9 Å². The first-order valence-electron chi connectivity index (χ1n) is 7.54. The second-order valence-corrected chi connectivity index (χ2v) is 6.01. The van der Waals surface area contributed by atoms with Crippen molar-refractivity contribution in [2.24, 2.45) is 12.8 Å². The number of aromatic nitrogens is 2. The molecule has 2 heterocycles. The zero-order chi connectivity index (χ0) is 15.7. The van der Waals surface area contributed by atoms with Gasteiger partial charge < -0.3 is 19.9 Å². The number of fused-ring (bicyclic) bond motifs is 1. The van der Waals surface area contributed by atoms with Crippen LogP contribution in [0.1, 0.15) is 18.7 Å². The van der Waals surface area contributed by atoms with Crippen LogP contribution >= 0.6 is 0 Å². The summed E-state index contributed by atoms with van der Waals surface area (Å²) >= 11 is 0. The molecule has 0 unspecified atom stereocenters. The summed E-state index contributed by atoms with van der Waals surface area (Å²) in [7, 11) is 3.75. The zero-order valence-electron chi connectivity index (χ0n) is 13.1. The highest BCUT2D eigenvalue weighted by atomic mass is 16.5. The van der Waals surface area contributed by atoms with Gasteiger partial charge in [0.15, 0.2) is 0 Å². The van der Waals surface area contributed by atoms with Gasteiger partial charge in [0.05, 0.1) is 23.1 Å². The van der Waals surface area contributed by atoms with Gasteiger partial charge in [-0.25, -0.2) is 4.98 Å². The largest absolute Gasteiger partial charge is 0.381 e. The quantitative estimate of drug-likeness (QED) is 0.919. The Labute approximate surface area is 129 Å². The maximum atomic E-state index is 12.7. The minimum atomic E-state index is -0.808. The Bertz CT molecular complexity index is 689. The number of benzene rings is 1. The average molecular weight is 302 g/mol. The molecule has 1 saturated heterocycles. The number of nitrogens with zero attached hydrogens (tertiary/aromatic N) is 3. The third-order valence-electron chi connectivity index (χ3n) is 4.42. The molecule has 0 spiro atoms. The van der Waals surface area contributed by atoms with Crippen molar-refractivity contribution in [1.29, 1.82) is 0 Å². The summed E-state index contributed by atoms with van der Waals surface area (Å²) in [4.78, 5) is 18.9. The number of nitrogens with two attached hydrogens (primary N) is 1. The molecule has 118 valence electrons. The SMILES string of the molecule is CN(Cc1nc2ccccc2n1C)C(=O)C1(N)CCOCC1. The predicted molar refractivity (Wildman–Crippen MR) is 84.2 cm³/mol. The van der Waals surface area contributed by atoms with Crippen LogP contribution in [0.2, 0.25) is 0 Å². The van der Waals surface area contributed by atoms with E-state index in [2.05, 4.69) is 4.98 Å². The average Bonchev–Trinajstić information content (AvgIpc) is 2.84. The predicted octanol–water partition coefficient (Wildman–Crippen LogP) is 1.04. The van der Waals surface area contributed by atoms with Gasteiger partial charge in [-0.05, 0) is 25.0 Å². The lowest BCUT2D eigenvalue weighted by Gasteiger charge is -2.35. The maximum Gasteiger partial charge on any atom is 0.242 e. The molecule has 6 nitrogen and oxygen atoms in total. The number of carbonyl (C=O) groups is 1. The molecule has 0 saturated carbocycles. The van der Waals surface area contributed by atoms with E-state index >= 15 is 0 Å². The number of ether oxygens (including phenoxy) is 1. The fourth-order valence-corrected chi connectivity index (χ4v) is 2.95. The number of hydrogen-bond donors (Lipinski definition) is 1. The lowest BCUT2D eigenvalue weighted by atomic mass is 9.90. The third kappa shape index (κ3) is 2.60. The first-order valence-corrected chi connectivity index (χ1v) is 7.54. The van der Waals surface area contributed by atoms with Crippen molar-refractivity contribution >= 4 is 16.9 Å². The molecule has 1 aliphatic rings. The number of hydrogen-bond acceptors (Lipinski definition) is 4. The summed E-state index contributed by atoms with van der Waals surface area (Å²) in [6.07, 6.45) is 1.14. The summed E-state index contributed by atoms with van der Waals surface area (Å²) in [5.41, 5.74) is 7.47. The summed E-state index contributed by atoms with van der Waals surface area (Å²) in [6, 6.07) is 7.95. The Kier molecular flexibility index (Phi) is 3.88.